The quantitative estimate of drug-likeness (QED) is 0.499. The van der Waals surface area contributed by atoms with Crippen molar-refractivity contribution in [3.05, 3.63) is 28.2 Å². The molecule has 1 rings (SSSR count). The van der Waals surface area contributed by atoms with Crippen LogP contribution in [0.1, 0.15) is 17.3 Å². The van der Waals surface area contributed by atoms with Gasteiger partial charge in [-0.15, -0.1) is 12.6 Å². The molecule has 0 bridgehead atoms. The van der Waals surface area contributed by atoms with E-state index >= 15 is 0 Å². The fourth-order valence-corrected chi connectivity index (χ4v) is 2.12. The Hall–Kier alpha value is 0.200. The number of thiol groups is 1. The van der Waals surface area contributed by atoms with Gasteiger partial charge in [-0.1, -0.05) is 31.9 Å². The van der Waals surface area contributed by atoms with Gasteiger partial charge >= 0.3 is 0 Å². The number of halogens is 2. The monoisotopic (exact) mass is 322 g/mol. The molecule has 1 atom stereocenters. The minimum atomic E-state index is -0.158. The van der Waals surface area contributed by atoms with Gasteiger partial charge in [0.25, 0.3) is 0 Å². The Balaban J connectivity index is 3.09. The number of hydrogen-bond donors (Lipinski definition) is 1. The molecule has 1 nitrogen and oxygen atoms in total. The Morgan fingerprint density at radius 1 is 1.54 bits per heavy atom. The van der Waals surface area contributed by atoms with E-state index in [1.807, 2.05) is 13.0 Å². The van der Waals surface area contributed by atoms with Gasteiger partial charge < -0.3 is 0 Å². The summed E-state index contributed by atoms with van der Waals surface area (Å²) in [6.45, 7) is 1.81. The van der Waals surface area contributed by atoms with Crippen molar-refractivity contribution >= 4 is 50.3 Å². The number of rotatable bonds is 2. The van der Waals surface area contributed by atoms with E-state index in [1.54, 1.807) is 12.1 Å². The van der Waals surface area contributed by atoms with Gasteiger partial charge in [-0.2, -0.15) is 0 Å². The Labute approximate surface area is 99.6 Å². The summed E-state index contributed by atoms with van der Waals surface area (Å²) in [5.41, 5.74) is 0.683. The molecule has 0 saturated carbocycles. The predicted octanol–water partition coefficient (Wildman–Crippen LogP) is 3.70. The normalized spacial score (nSPS) is 12.6. The molecule has 13 heavy (non-hydrogen) atoms. The molecular formula is C9H8Br2OS. The van der Waals surface area contributed by atoms with Crippen LogP contribution in [0, 0.1) is 0 Å². The van der Waals surface area contributed by atoms with Crippen LogP contribution in [0.15, 0.2) is 27.6 Å². The molecular weight excluding hydrogens is 316 g/mol. The molecule has 0 aromatic heterocycles. The van der Waals surface area contributed by atoms with Crippen LogP contribution in [0.4, 0.5) is 0 Å². The van der Waals surface area contributed by atoms with E-state index in [2.05, 4.69) is 44.5 Å². The van der Waals surface area contributed by atoms with Crippen molar-refractivity contribution in [2.45, 2.75) is 16.6 Å². The highest BCUT2D eigenvalue weighted by atomic mass is 79.9. The fraction of sp³-hybridized carbons (Fsp3) is 0.222. The molecule has 70 valence electrons. The number of carbonyl (C=O) groups excluding carboxylic acids is 1. The maximum absolute atomic E-state index is 11.6. The number of alkyl halides is 1. The minimum Gasteiger partial charge on any atom is -0.293 e. The summed E-state index contributed by atoms with van der Waals surface area (Å²) in [6.07, 6.45) is 0. The third-order valence-electron chi connectivity index (χ3n) is 1.58. The highest BCUT2D eigenvalue weighted by Gasteiger charge is 2.14. The Kier molecular flexibility index (Phi) is 4.01. The number of Topliss-reactive ketones (excluding diaryl/α,β-unsaturated/α-hetero) is 1. The van der Waals surface area contributed by atoms with Crippen LogP contribution in [0.3, 0.4) is 0 Å². The second-order valence-corrected chi connectivity index (χ2v) is 5.39. The van der Waals surface area contributed by atoms with Gasteiger partial charge in [0.1, 0.15) is 0 Å². The molecule has 4 heteroatoms. The van der Waals surface area contributed by atoms with Crippen molar-refractivity contribution < 1.29 is 4.79 Å². The van der Waals surface area contributed by atoms with Gasteiger partial charge in [-0.3, -0.25) is 4.79 Å². The largest absolute Gasteiger partial charge is 0.293 e. The predicted molar refractivity (Wildman–Crippen MR) is 64.1 cm³/mol. The van der Waals surface area contributed by atoms with Crippen LogP contribution in [0.25, 0.3) is 0 Å². The van der Waals surface area contributed by atoms with Crippen LogP contribution in [0.2, 0.25) is 0 Å². The molecule has 0 saturated heterocycles. The van der Waals surface area contributed by atoms with E-state index in [9.17, 15) is 4.79 Å². The van der Waals surface area contributed by atoms with Crippen molar-refractivity contribution in [3.63, 3.8) is 0 Å². The summed E-state index contributed by atoms with van der Waals surface area (Å²) >= 11 is 10.7. The molecule has 0 aliphatic carbocycles. The van der Waals surface area contributed by atoms with Crippen LogP contribution in [-0.2, 0) is 0 Å². The van der Waals surface area contributed by atoms with E-state index in [4.69, 9.17) is 0 Å². The number of benzene rings is 1. The molecule has 0 N–H and O–H groups in total. The fourth-order valence-electron chi connectivity index (χ4n) is 0.918. The molecule has 0 aliphatic heterocycles. The average molecular weight is 324 g/mol. The van der Waals surface area contributed by atoms with Gasteiger partial charge in [0, 0.05) is 14.9 Å². The molecule has 0 spiro atoms. The highest BCUT2D eigenvalue weighted by molar-refractivity contribution is 9.10. The van der Waals surface area contributed by atoms with E-state index < -0.39 is 0 Å². The zero-order valence-electron chi connectivity index (χ0n) is 6.92. The molecule has 0 aliphatic rings. The molecule has 1 aromatic carbocycles. The minimum absolute atomic E-state index is 0.0696. The van der Waals surface area contributed by atoms with E-state index in [-0.39, 0.29) is 10.6 Å². The number of ketones is 1. The Bertz CT molecular complexity index is 336. The third-order valence-corrected chi connectivity index (χ3v) is 2.93. The third kappa shape index (κ3) is 2.82. The summed E-state index contributed by atoms with van der Waals surface area (Å²) in [5, 5.41) is 0. The maximum atomic E-state index is 11.6. The van der Waals surface area contributed by atoms with E-state index in [0.717, 1.165) is 9.37 Å². The summed E-state index contributed by atoms with van der Waals surface area (Å²) in [7, 11) is 0. The zero-order chi connectivity index (χ0) is 10.0. The van der Waals surface area contributed by atoms with Gasteiger partial charge in [0.2, 0.25) is 0 Å². The van der Waals surface area contributed by atoms with Crippen molar-refractivity contribution in [1.82, 2.24) is 0 Å². The second kappa shape index (κ2) is 4.62. The van der Waals surface area contributed by atoms with E-state index in [0.29, 0.717) is 5.56 Å². The number of carbonyl (C=O) groups is 1. The SMILES string of the molecule is CC(Br)C(=O)c1ccc(S)cc1Br. The first-order valence-electron chi connectivity index (χ1n) is 3.69. The van der Waals surface area contributed by atoms with Crippen LogP contribution >= 0.6 is 44.5 Å². The van der Waals surface area contributed by atoms with Crippen LogP contribution in [0.5, 0.6) is 0 Å². The first-order chi connectivity index (χ1) is 6.02. The lowest BCUT2D eigenvalue weighted by molar-refractivity contribution is 0.0995. The second-order valence-electron chi connectivity index (χ2n) is 2.64. The van der Waals surface area contributed by atoms with Gasteiger partial charge in [0.05, 0.1) is 4.83 Å². The Morgan fingerprint density at radius 2 is 2.15 bits per heavy atom. The molecule has 0 amide bonds. The first kappa shape index (κ1) is 11.3. The molecule has 1 unspecified atom stereocenters. The van der Waals surface area contributed by atoms with Crippen LogP contribution < -0.4 is 0 Å². The van der Waals surface area contributed by atoms with Crippen molar-refractivity contribution in [3.8, 4) is 0 Å². The maximum Gasteiger partial charge on any atom is 0.177 e. The average Bonchev–Trinajstić information content (AvgIpc) is 2.03. The number of hydrogen-bond acceptors (Lipinski definition) is 2. The molecule has 0 fully saturated rings. The van der Waals surface area contributed by atoms with Gasteiger partial charge in [-0.05, 0) is 25.1 Å². The topological polar surface area (TPSA) is 17.1 Å². The summed E-state index contributed by atoms with van der Waals surface area (Å²) in [5.74, 6) is 0.0696. The van der Waals surface area contributed by atoms with Crippen molar-refractivity contribution in [2.75, 3.05) is 0 Å². The summed E-state index contributed by atoms with van der Waals surface area (Å²) in [4.78, 5) is 12.3. The molecule has 1 aromatic rings. The lowest BCUT2D eigenvalue weighted by Gasteiger charge is -2.05. The summed E-state index contributed by atoms with van der Waals surface area (Å²) < 4.78 is 0.788. The lowest BCUT2D eigenvalue weighted by atomic mass is 10.1. The molecule has 0 heterocycles. The van der Waals surface area contributed by atoms with Gasteiger partial charge in [-0.25, -0.2) is 0 Å². The standard InChI is InChI=1S/C9H8Br2OS/c1-5(10)9(12)7-3-2-6(13)4-8(7)11/h2-5,13H,1H3. The van der Waals surface area contributed by atoms with Crippen molar-refractivity contribution in [2.24, 2.45) is 0 Å². The lowest BCUT2D eigenvalue weighted by Crippen LogP contribution is -2.10. The molecule has 0 radical (unpaired) electrons. The highest BCUT2D eigenvalue weighted by Crippen LogP contribution is 2.23. The van der Waals surface area contributed by atoms with Crippen molar-refractivity contribution in [1.29, 1.82) is 0 Å². The van der Waals surface area contributed by atoms with Crippen LogP contribution in [-0.4, -0.2) is 10.6 Å². The summed E-state index contributed by atoms with van der Waals surface area (Å²) in [6, 6.07) is 5.38. The smallest absolute Gasteiger partial charge is 0.177 e. The van der Waals surface area contributed by atoms with Gasteiger partial charge in [0.15, 0.2) is 5.78 Å². The first-order valence-corrected chi connectivity index (χ1v) is 5.84. The zero-order valence-corrected chi connectivity index (χ0v) is 11.0. The Morgan fingerprint density at radius 3 is 2.62 bits per heavy atom. The van der Waals surface area contributed by atoms with E-state index in [1.165, 1.54) is 0 Å².